The summed E-state index contributed by atoms with van der Waals surface area (Å²) in [6.07, 6.45) is 0. The molecule has 1 rings (SSSR count). The number of hydrogen-bond donors (Lipinski definition) is 2. The van der Waals surface area contributed by atoms with Crippen molar-refractivity contribution in [2.75, 3.05) is 14.1 Å². The number of hydrogen-bond acceptors (Lipinski definition) is 3. The minimum atomic E-state index is 0.395. The zero-order valence-corrected chi connectivity index (χ0v) is 9.66. The van der Waals surface area contributed by atoms with Crippen LogP contribution in [-0.2, 0) is 6.54 Å². The third-order valence-electron chi connectivity index (χ3n) is 2.06. The van der Waals surface area contributed by atoms with Crippen molar-refractivity contribution in [3.63, 3.8) is 0 Å². The maximum absolute atomic E-state index is 5.17. The Morgan fingerprint density at radius 1 is 1.60 bits per heavy atom. The monoisotopic (exact) mass is 210 g/mol. The van der Waals surface area contributed by atoms with Gasteiger partial charge in [0, 0.05) is 20.2 Å². The fourth-order valence-electron chi connectivity index (χ4n) is 1.13. The summed E-state index contributed by atoms with van der Waals surface area (Å²) in [7, 11) is 3.54. The van der Waals surface area contributed by atoms with Gasteiger partial charge in [-0.3, -0.25) is 4.99 Å². The van der Waals surface area contributed by atoms with E-state index in [1.807, 2.05) is 13.1 Å². The van der Waals surface area contributed by atoms with Gasteiger partial charge in [-0.2, -0.15) is 0 Å². The van der Waals surface area contributed by atoms with Gasteiger partial charge in [0.1, 0.15) is 0 Å². The third-order valence-corrected chi connectivity index (χ3v) is 2.06. The topological polar surface area (TPSA) is 62.5 Å². The van der Waals surface area contributed by atoms with E-state index in [2.05, 4.69) is 34.6 Å². The third kappa shape index (κ3) is 3.27. The molecule has 15 heavy (non-hydrogen) atoms. The van der Waals surface area contributed by atoms with Gasteiger partial charge in [0.2, 0.25) is 0 Å². The van der Waals surface area contributed by atoms with E-state index in [0.717, 1.165) is 17.4 Å². The summed E-state index contributed by atoms with van der Waals surface area (Å²) < 4.78 is 5.17. The molecular formula is C10H18N4O. The van der Waals surface area contributed by atoms with Gasteiger partial charge in [-0.05, 0) is 5.92 Å². The van der Waals surface area contributed by atoms with Crippen molar-refractivity contribution < 1.29 is 4.52 Å². The van der Waals surface area contributed by atoms with Gasteiger partial charge in [-0.15, -0.1) is 0 Å². The first-order valence-corrected chi connectivity index (χ1v) is 5.01. The molecule has 0 aromatic carbocycles. The van der Waals surface area contributed by atoms with Crippen LogP contribution in [0.5, 0.6) is 0 Å². The van der Waals surface area contributed by atoms with E-state index >= 15 is 0 Å². The highest BCUT2D eigenvalue weighted by Crippen LogP contribution is 2.13. The Labute approximate surface area is 89.9 Å². The standard InChI is InChI=1S/C10H18N4O/c1-7(2)9-5-8(15-14-9)6-13-10(11-3)12-4/h5,7H,6H2,1-4H3,(H2,11,12,13). The highest BCUT2D eigenvalue weighted by atomic mass is 16.5. The van der Waals surface area contributed by atoms with Crippen molar-refractivity contribution in [2.45, 2.75) is 26.3 Å². The quantitative estimate of drug-likeness (QED) is 0.579. The number of aromatic nitrogens is 1. The van der Waals surface area contributed by atoms with E-state index in [-0.39, 0.29) is 0 Å². The maximum Gasteiger partial charge on any atom is 0.191 e. The van der Waals surface area contributed by atoms with Crippen molar-refractivity contribution in [2.24, 2.45) is 4.99 Å². The Bertz CT molecular complexity index is 330. The molecule has 1 aromatic heterocycles. The van der Waals surface area contributed by atoms with E-state index in [4.69, 9.17) is 4.52 Å². The average Bonchev–Trinajstić information content (AvgIpc) is 2.68. The number of nitrogens with one attached hydrogen (secondary N) is 2. The second-order valence-corrected chi connectivity index (χ2v) is 3.55. The molecule has 0 bridgehead atoms. The Kier molecular flexibility index (Phi) is 4.15. The minimum absolute atomic E-state index is 0.395. The molecule has 0 spiro atoms. The lowest BCUT2D eigenvalue weighted by Crippen LogP contribution is -2.33. The molecule has 5 nitrogen and oxygen atoms in total. The van der Waals surface area contributed by atoms with Gasteiger partial charge in [-0.1, -0.05) is 19.0 Å². The first-order valence-electron chi connectivity index (χ1n) is 5.01. The first kappa shape index (κ1) is 11.6. The molecule has 0 atom stereocenters. The van der Waals surface area contributed by atoms with Gasteiger partial charge in [0.15, 0.2) is 11.7 Å². The summed E-state index contributed by atoms with van der Waals surface area (Å²) in [6.45, 7) is 4.76. The van der Waals surface area contributed by atoms with E-state index in [9.17, 15) is 0 Å². The molecule has 0 fully saturated rings. The Hall–Kier alpha value is -1.52. The average molecular weight is 210 g/mol. The van der Waals surface area contributed by atoms with Crippen LogP contribution in [0.4, 0.5) is 0 Å². The van der Waals surface area contributed by atoms with Gasteiger partial charge in [-0.25, -0.2) is 0 Å². The molecule has 84 valence electrons. The van der Waals surface area contributed by atoms with Gasteiger partial charge in [0.25, 0.3) is 0 Å². The lowest BCUT2D eigenvalue weighted by Gasteiger charge is -2.05. The van der Waals surface area contributed by atoms with Crippen LogP contribution in [-0.4, -0.2) is 25.2 Å². The summed E-state index contributed by atoms with van der Waals surface area (Å²) in [5.74, 6) is 1.94. The van der Waals surface area contributed by atoms with Crippen LogP contribution >= 0.6 is 0 Å². The fraction of sp³-hybridized carbons (Fsp3) is 0.600. The molecule has 0 unspecified atom stereocenters. The van der Waals surface area contributed by atoms with Gasteiger partial charge in [0.05, 0.1) is 12.2 Å². The summed E-state index contributed by atoms with van der Waals surface area (Å²) in [5, 5.41) is 9.99. The molecule has 5 heteroatoms. The summed E-state index contributed by atoms with van der Waals surface area (Å²) in [6, 6.07) is 1.96. The molecule has 0 saturated heterocycles. The summed E-state index contributed by atoms with van der Waals surface area (Å²) in [4.78, 5) is 4.00. The Morgan fingerprint density at radius 3 is 2.80 bits per heavy atom. The van der Waals surface area contributed by atoms with Crippen molar-refractivity contribution in [1.29, 1.82) is 0 Å². The number of guanidine groups is 1. The largest absolute Gasteiger partial charge is 0.359 e. The minimum Gasteiger partial charge on any atom is -0.359 e. The molecule has 2 N–H and O–H groups in total. The van der Waals surface area contributed by atoms with Crippen LogP contribution in [0.15, 0.2) is 15.6 Å². The van der Waals surface area contributed by atoms with E-state index in [1.165, 1.54) is 0 Å². The molecule has 0 aliphatic heterocycles. The molecule has 0 amide bonds. The van der Waals surface area contributed by atoms with Gasteiger partial charge >= 0.3 is 0 Å². The molecule has 1 aromatic rings. The van der Waals surface area contributed by atoms with Crippen LogP contribution in [0.1, 0.15) is 31.2 Å². The zero-order valence-electron chi connectivity index (χ0n) is 9.66. The Balaban J connectivity index is 2.51. The molecule has 1 heterocycles. The summed E-state index contributed by atoms with van der Waals surface area (Å²) in [5.41, 5.74) is 0.978. The van der Waals surface area contributed by atoms with Crippen LogP contribution < -0.4 is 10.6 Å². The number of nitrogens with zero attached hydrogens (tertiary/aromatic N) is 2. The highest BCUT2D eigenvalue weighted by molar-refractivity contribution is 5.79. The van der Waals surface area contributed by atoms with Crippen molar-refractivity contribution in [3.8, 4) is 0 Å². The van der Waals surface area contributed by atoms with Crippen molar-refractivity contribution in [3.05, 3.63) is 17.5 Å². The maximum atomic E-state index is 5.17. The first-order chi connectivity index (χ1) is 7.17. The normalized spacial score (nSPS) is 11.9. The predicted molar refractivity (Wildman–Crippen MR) is 59.9 cm³/mol. The SMILES string of the molecule is CN=C(NC)NCc1cc(C(C)C)no1. The summed E-state index contributed by atoms with van der Waals surface area (Å²) >= 11 is 0. The van der Waals surface area contributed by atoms with Crippen LogP contribution in [0.25, 0.3) is 0 Å². The second kappa shape index (κ2) is 5.38. The van der Waals surface area contributed by atoms with Crippen LogP contribution in [0.2, 0.25) is 0 Å². The number of rotatable bonds is 3. The second-order valence-electron chi connectivity index (χ2n) is 3.55. The number of aliphatic imine (C=N–C) groups is 1. The molecule has 0 aliphatic carbocycles. The fourth-order valence-corrected chi connectivity index (χ4v) is 1.13. The van der Waals surface area contributed by atoms with E-state index < -0.39 is 0 Å². The van der Waals surface area contributed by atoms with E-state index in [1.54, 1.807) is 7.05 Å². The van der Waals surface area contributed by atoms with Crippen molar-refractivity contribution >= 4 is 5.96 Å². The lowest BCUT2D eigenvalue weighted by molar-refractivity contribution is 0.372. The molecule has 0 radical (unpaired) electrons. The molecule has 0 saturated carbocycles. The molecular weight excluding hydrogens is 192 g/mol. The Morgan fingerprint density at radius 2 is 2.33 bits per heavy atom. The van der Waals surface area contributed by atoms with Crippen molar-refractivity contribution in [1.82, 2.24) is 15.8 Å². The van der Waals surface area contributed by atoms with E-state index in [0.29, 0.717) is 12.5 Å². The smallest absolute Gasteiger partial charge is 0.191 e. The van der Waals surface area contributed by atoms with Gasteiger partial charge < -0.3 is 15.2 Å². The zero-order chi connectivity index (χ0) is 11.3. The predicted octanol–water partition coefficient (Wildman–Crippen LogP) is 1.09. The van der Waals surface area contributed by atoms with Crippen LogP contribution in [0.3, 0.4) is 0 Å². The lowest BCUT2D eigenvalue weighted by atomic mass is 10.1. The van der Waals surface area contributed by atoms with Crippen LogP contribution in [0, 0.1) is 0 Å². The highest BCUT2D eigenvalue weighted by Gasteiger charge is 2.07. The molecule has 0 aliphatic rings.